The Morgan fingerprint density at radius 2 is 2.00 bits per heavy atom. The summed E-state index contributed by atoms with van der Waals surface area (Å²) < 4.78 is 59.0. The van der Waals surface area contributed by atoms with E-state index in [1.165, 1.54) is 6.07 Å². The van der Waals surface area contributed by atoms with Crippen molar-refractivity contribution in [2.75, 3.05) is 0 Å². The molecule has 15 heavy (non-hydrogen) atoms. The van der Waals surface area contributed by atoms with Gasteiger partial charge in [-0.05, 0) is 18.2 Å². The van der Waals surface area contributed by atoms with Gasteiger partial charge in [0.05, 0.1) is 0 Å². The molecule has 1 N–H and O–H groups in total. The van der Waals surface area contributed by atoms with Crippen molar-refractivity contribution in [1.82, 2.24) is 0 Å². The van der Waals surface area contributed by atoms with Crippen molar-refractivity contribution in [3.63, 3.8) is 0 Å². The maximum Gasteiger partial charge on any atom is 0.573 e. The largest absolute Gasteiger partial charge is 0.573 e. The van der Waals surface area contributed by atoms with Gasteiger partial charge in [-0.15, -0.1) is 13.2 Å². The van der Waals surface area contributed by atoms with E-state index in [0.717, 1.165) is 12.1 Å². The summed E-state index contributed by atoms with van der Waals surface area (Å²) in [6.07, 6.45) is -4.89. The summed E-state index contributed by atoms with van der Waals surface area (Å²) in [6.45, 7) is 0. The van der Waals surface area contributed by atoms with Gasteiger partial charge in [-0.25, -0.2) is 4.21 Å². The van der Waals surface area contributed by atoms with Crippen molar-refractivity contribution in [3.8, 4) is 5.75 Å². The van der Waals surface area contributed by atoms with Crippen LogP contribution in [0, 0.1) is 0 Å². The van der Waals surface area contributed by atoms with Crippen LogP contribution in [0.2, 0.25) is 0 Å². The summed E-state index contributed by atoms with van der Waals surface area (Å²) in [6, 6.07) is 3.38. The average Bonchev–Trinajstić information content (AvgIpc) is 1.99. The third-order valence-corrected chi connectivity index (χ3v) is 2.53. The molecule has 1 rings (SSSR count). The van der Waals surface area contributed by atoms with E-state index in [1.807, 2.05) is 0 Å². The van der Waals surface area contributed by atoms with Crippen LogP contribution in [0.3, 0.4) is 0 Å². The summed E-state index contributed by atoms with van der Waals surface area (Å²) in [5, 5.41) is 0. The highest BCUT2D eigenvalue weighted by Gasteiger charge is 2.32. The molecule has 1 unspecified atom stereocenters. The number of ether oxygens (including phenoxy) is 1. The second-order valence-electron chi connectivity index (χ2n) is 2.39. The predicted octanol–water partition coefficient (Wildman–Crippen LogP) is 2.93. The number of rotatable bonds is 2. The van der Waals surface area contributed by atoms with Gasteiger partial charge in [-0.1, -0.05) is 15.9 Å². The Balaban J connectivity index is 3.13. The van der Waals surface area contributed by atoms with E-state index in [-0.39, 0.29) is 0 Å². The molecule has 0 fully saturated rings. The van der Waals surface area contributed by atoms with Gasteiger partial charge in [-0.3, -0.25) is 0 Å². The first-order chi connectivity index (χ1) is 6.79. The highest BCUT2D eigenvalue weighted by Crippen LogP contribution is 2.30. The van der Waals surface area contributed by atoms with Gasteiger partial charge < -0.3 is 9.29 Å². The van der Waals surface area contributed by atoms with Crippen LogP contribution in [-0.4, -0.2) is 15.1 Å². The van der Waals surface area contributed by atoms with Gasteiger partial charge >= 0.3 is 6.36 Å². The Hall–Kier alpha value is -0.600. The number of halogens is 4. The molecule has 0 radical (unpaired) electrons. The zero-order chi connectivity index (χ0) is 11.6. The molecule has 0 heterocycles. The normalized spacial score (nSPS) is 13.7. The molecule has 0 aliphatic rings. The van der Waals surface area contributed by atoms with Crippen LogP contribution in [0.4, 0.5) is 13.2 Å². The first-order valence-corrected chi connectivity index (χ1v) is 5.36. The monoisotopic (exact) mass is 304 g/mol. The fourth-order valence-electron chi connectivity index (χ4n) is 0.831. The molecule has 0 saturated heterocycles. The van der Waals surface area contributed by atoms with Crippen LogP contribution < -0.4 is 4.74 Å². The van der Waals surface area contributed by atoms with Gasteiger partial charge in [0.25, 0.3) is 0 Å². The van der Waals surface area contributed by atoms with E-state index in [9.17, 15) is 17.4 Å². The second kappa shape index (κ2) is 4.50. The van der Waals surface area contributed by atoms with Crippen LogP contribution in [0.1, 0.15) is 0 Å². The van der Waals surface area contributed by atoms with E-state index < -0.39 is 28.1 Å². The van der Waals surface area contributed by atoms with Crippen LogP contribution >= 0.6 is 15.9 Å². The molecule has 0 spiro atoms. The molecule has 0 aliphatic heterocycles. The molecule has 0 saturated carbocycles. The van der Waals surface area contributed by atoms with Crippen molar-refractivity contribution in [3.05, 3.63) is 22.7 Å². The minimum absolute atomic E-state index is 0.316. The topological polar surface area (TPSA) is 46.5 Å². The molecule has 84 valence electrons. The predicted molar refractivity (Wildman–Crippen MR) is 49.9 cm³/mol. The van der Waals surface area contributed by atoms with E-state index >= 15 is 0 Å². The van der Waals surface area contributed by atoms with Gasteiger partial charge in [0.15, 0.2) is 11.1 Å². The van der Waals surface area contributed by atoms with Gasteiger partial charge in [0.2, 0.25) is 0 Å². The Morgan fingerprint density at radius 1 is 1.40 bits per heavy atom. The van der Waals surface area contributed by atoms with Gasteiger partial charge in [0, 0.05) is 4.47 Å². The minimum Gasteiger partial charge on any atom is -0.404 e. The Kier molecular flexibility index (Phi) is 3.74. The molecule has 1 aromatic rings. The summed E-state index contributed by atoms with van der Waals surface area (Å²) in [5.41, 5.74) is 0. The minimum atomic E-state index is -4.89. The second-order valence-corrected chi connectivity index (χ2v) is 4.24. The molecule has 0 bridgehead atoms. The summed E-state index contributed by atoms with van der Waals surface area (Å²) in [5.74, 6) is -0.697. The van der Waals surface area contributed by atoms with E-state index in [0.29, 0.717) is 4.47 Å². The first-order valence-electron chi connectivity index (χ1n) is 3.46. The van der Waals surface area contributed by atoms with Crippen molar-refractivity contribution in [1.29, 1.82) is 0 Å². The highest BCUT2D eigenvalue weighted by atomic mass is 79.9. The number of alkyl halides is 3. The molecular formula is C7H4BrF3O3S. The van der Waals surface area contributed by atoms with Crippen molar-refractivity contribution in [2.24, 2.45) is 0 Å². The van der Waals surface area contributed by atoms with Crippen LogP contribution in [-0.2, 0) is 11.1 Å². The lowest BCUT2D eigenvalue weighted by Gasteiger charge is -2.11. The van der Waals surface area contributed by atoms with Crippen LogP contribution in [0.25, 0.3) is 0 Å². The van der Waals surface area contributed by atoms with Crippen LogP contribution in [0.15, 0.2) is 27.6 Å². The lowest BCUT2D eigenvalue weighted by molar-refractivity contribution is -0.275. The van der Waals surface area contributed by atoms with E-state index in [2.05, 4.69) is 20.7 Å². The highest BCUT2D eigenvalue weighted by molar-refractivity contribution is 9.10. The van der Waals surface area contributed by atoms with Crippen molar-refractivity contribution < 1.29 is 26.7 Å². The molecule has 1 aromatic carbocycles. The lowest BCUT2D eigenvalue weighted by atomic mass is 10.3. The number of benzene rings is 1. The van der Waals surface area contributed by atoms with E-state index in [1.54, 1.807) is 0 Å². The number of hydrogen-bond acceptors (Lipinski definition) is 2. The average molecular weight is 305 g/mol. The maximum atomic E-state index is 11.9. The Labute approximate surface area is 93.7 Å². The van der Waals surface area contributed by atoms with Gasteiger partial charge in [-0.2, -0.15) is 0 Å². The molecule has 0 aromatic heterocycles. The molecule has 0 aliphatic carbocycles. The third kappa shape index (κ3) is 3.80. The summed E-state index contributed by atoms with van der Waals surface area (Å²) in [4.78, 5) is -0.435. The fraction of sp³-hybridized carbons (Fsp3) is 0.143. The SMILES string of the molecule is O=S(O)c1ccc(Br)cc1OC(F)(F)F. The Morgan fingerprint density at radius 3 is 2.47 bits per heavy atom. The Bertz CT molecular complexity index is 394. The summed E-state index contributed by atoms with van der Waals surface area (Å²) >= 11 is 0.396. The lowest BCUT2D eigenvalue weighted by Crippen LogP contribution is -2.18. The molecule has 0 amide bonds. The quantitative estimate of drug-likeness (QED) is 0.855. The maximum absolute atomic E-state index is 11.9. The zero-order valence-electron chi connectivity index (χ0n) is 6.92. The first kappa shape index (κ1) is 12.5. The molecule has 3 nitrogen and oxygen atoms in total. The van der Waals surface area contributed by atoms with E-state index in [4.69, 9.17) is 4.55 Å². The van der Waals surface area contributed by atoms with Crippen molar-refractivity contribution in [2.45, 2.75) is 11.3 Å². The third-order valence-electron chi connectivity index (χ3n) is 1.32. The molecule has 8 heteroatoms. The standard InChI is InChI=1S/C7H4BrF3O3S/c8-4-1-2-6(15(12)13)5(3-4)14-7(9,10)11/h1-3H,(H,12,13). The zero-order valence-corrected chi connectivity index (χ0v) is 9.32. The smallest absolute Gasteiger partial charge is 0.404 e. The number of hydrogen-bond donors (Lipinski definition) is 1. The molecule has 1 atom stereocenters. The summed E-state index contributed by atoms with van der Waals surface area (Å²) in [7, 11) is 0. The van der Waals surface area contributed by atoms with Crippen molar-refractivity contribution >= 4 is 27.0 Å². The van der Waals surface area contributed by atoms with Gasteiger partial charge in [0.1, 0.15) is 10.6 Å². The van der Waals surface area contributed by atoms with Crippen LogP contribution in [0.5, 0.6) is 5.75 Å². The molecular weight excluding hydrogens is 301 g/mol. The fourth-order valence-corrected chi connectivity index (χ4v) is 1.63.